The molecule has 0 radical (unpaired) electrons. The van der Waals surface area contributed by atoms with Crippen LogP contribution >= 0.6 is 0 Å². The predicted octanol–water partition coefficient (Wildman–Crippen LogP) is 1.31. The Hall–Kier alpha value is -0.580. The molecule has 0 aromatic rings. The molecule has 0 fully saturated rings. The van der Waals surface area contributed by atoms with Crippen LogP contribution in [0.1, 0.15) is 34.1 Å². The van der Waals surface area contributed by atoms with Crippen LogP contribution in [0.25, 0.3) is 0 Å². The Morgan fingerprint density at radius 1 is 1.19 bits per heavy atom. The van der Waals surface area contributed by atoms with Crippen molar-refractivity contribution >= 4 is 15.7 Å². The molecule has 0 aliphatic heterocycles. The molecule has 0 aliphatic rings. The van der Waals surface area contributed by atoms with Gasteiger partial charge in [-0.3, -0.25) is 4.79 Å². The average molecular weight is 249 g/mol. The zero-order valence-corrected chi connectivity index (χ0v) is 11.7. The smallest absolute Gasteiger partial charge is 0.223 e. The minimum Gasteiger partial charge on any atom is -0.343 e. The van der Waals surface area contributed by atoms with Crippen molar-refractivity contribution in [3.63, 3.8) is 0 Å². The summed E-state index contributed by atoms with van der Waals surface area (Å²) in [6.07, 6.45) is 0.0870. The Morgan fingerprint density at radius 3 is 2.06 bits per heavy atom. The fraction of sp³-hybridized carbons (Fsp3) is 0.909. The summed E-state index contributed by atoms with van der Waals surface area (Å²) in [4.78, 5) is 13.2. The maximum Gasteiger partial charge on any atom is 0.223 e. The highest BCUT2D eigenvalue weighted by Crippen LogP contribution is 2.05. The van der Waals surface area contributed by atoms with Crippen LogP contribution in [0.2, 0.25) is 0 Å². The molecule has 5 heteroatoms. The molecule has 0 N–H and O–H groups in total. The lowest BCUT2D eigenvalue weighted by molar-refractivity contribution is -0.130. The van der Waals surface area contributed by atoms with Gasteiger partial charge in [0.2, 0.25) is 5.91 Å². The fourth-order valence-corrected chi connectivity index (χ4v) is 2.97. The first-order valence-corrected chi connectivity index (χ1v) is 7.44. The highest BCUT2D eigenvalue weighted by atomic mass is 32.2. The van der Waals surface area contributed by atoms with Crippen LogP contribution in [0, 0.1) is 5.92 Å². The van der Waals surface area contributed by atoms with Crippen LogP contribution in [0.5, 0.6) is 0 Å². The first-order valence-electron chi connectivity index (χ1n) is 5.62. The molecule has 0 saturated carbocycles. The molecular formula is C11H23NO3S. The number of amides is 1. The Kier molecular flexibility index (Phi) is 6.00. The van der Waals surface area contributed by atoms with Gasteiger partial charge in [-0.05, 0) is 19.8 Å². The summed E-state index contributed by atoms with van der Waals surface area (Å²) in [6.45, 7) is 7.53. The van der Waals surface area contributed by atoms with Gasteiger partial charge in [0, 0.05) is 19.5 Å². The number of hydrogen-bond acceptors (Lipinski definition) is 3. The number of rotatable bonds is 6. The monoisotopic (exact) mass is 249 g/mol. The molecule has 96 valence electrons. The van der Waals surface area contributed by atoms with Gasteiger partial charge >= 0.3 is 0 Å². The molecule has 0 aromatic heterocycles. The van der Waals surface area contributed by atoms with Gasteiger partial charge in [-0.2, -0.15) is 0 Å². The van der Waals surface area contributed by atoms with Gasteiger partial charge in [-0.1, -0.05) is 13.8 Å². The molecule has 0 spiro atoms. The van der Waals surface area contributed by atoms with Gasteiger partial charge in [-0.25, -0.2) is 8.42 Å². The van der Waals surface area contributed by atoms with Crippen molar-refractivity contribution < 1.29 is 13.2 Å². The van der Waals surface area contributed by atoms with Gasteiger partial charge in [-0.15, -0.1) is 0 Å². The summed E-state index contributed by atoms with van der Waals surface area (Å²) in [7, 11) is -1.39. The van der Waals surface area contributed by atoms with Crippen LogP contribution in [0.4, 0.5) is 0 Å². The van der Waals surface area contributed by atoms with Gasteiger partial charge < -0.3 is 4.90 Å². The molecular weight excluding hydrogens is 226 g/mol. The van der Waals surface area contributed by atoms with Crippen molar-refractivity contribution in [2.45, 2.75) is 40.2 Å². The molecule has 16 heavy (non-hydrogen) atoms. The van der Waals surface area contributed by atoms with E-state index in [0.717, 1.165) is 0 Å². The summed E-state index contributed by atoms with van der Waals surface area (Å²) in [5, 5.41) is 0. The third kappa shape index (κ3) is 6.10. The Balaban J connectivity index is 4.20. The van der Waals surface area contributed by atoms with Gasteiger partial charge in [0.25, 0.3) is 0 Å². The third-order valence-electron chi connectivity index (χ3n) is 2.38. The molecule has 0 aromatic carbocycles. The van der Waals surface area contributed by atoms with E-state index in [2.05, 4.69) is 0 Å². The topological polar surface area (TPSA) is 54.5 Å². The summed E-state index contributed by atoms with van der Waals surface area (Å²) in [5.41, 5.74) is 0. The minimum atomic E-state index is -3.08. The lowest BCUT2D eigenvalue weighted by Crippen LogP contribution is -2.34. The van der Waals surface area contributed by atoms with E-state index in [-0.39, 0.29) is 35.8 Å². The number of carbonyl (C=O) groups excluding carboxylic acids is 1. The van der Waals surface area contributed by atoms with Crippen LogP contribution in [-0.4, -0.2) is 43.8 Å². The van der Waals surface area contributed by atoms with E-state index in [9.17, 15) is 13.2 Å². The van der Waals surface area contributed by atoms with Crippen LogP contribution < -0.4 is 0 Å². The van der Waals surface area contributed by atoms with Crippen molar-refractivity contribution in [1.29, 1.82) is 0 Å². The van der Waals surface area contributed by atoms with Crippen molar-refractivity contribution in [3.8, 4) is 0 Å². The number of nitrogens with zero attached hydrogens (tertiary/aromatic N) is 1. The van der Waals surface area contributed by atoms with Gasteiger partial charge in [0.1, 0.15) is 0 Å². The third-order valence-corrected chi connectivity index (χ3v) is 4.38. The Labute approximate surface area is 98.9 Å². The summed E-state index contributed by atoms with van der Waals surface area (Å²) < 4.78 is 23.1. The quantitative estimate of drug-likeness (QED) is 0.713. The molecule has 4 nitrogen and oxygen atoms in total. The van der Waals surface area contributed by atoms with Crippen LogP contribution in [-0.2, 0) is 14.6 Å². The van der Waals surface area contributed by atoms with E-state index >= 15 is 0 Å². The molecule has 1 amide bonds. The van der Waals surface area contributed by atoms with E-state index in [0.29, 0.717) is 0 Å². The molecule has 0 heterocycles. The fourth-order valence-electron chi connectivity index (χ4n) is 1.30. The standard InChI is InChI=1S/C11H23NO3S/c1-9(2)8-16(14,15)7-6-11(13)12(5)10(3)4/h9-10H,6-8H2,1-5H3. The van der Waals surface area contributed by atoms with Gasteiger partial charge in [0.15, 0.2) is 9.84 Å². The first-order chi connectivity index (χ1) is 7.15. The first kappa shape index (κ1) is 15.4. The Bertz CT molecular complexity index is 320. The van der Waals surface area contributed by atoms with Crippen molar-refractivity contribution in [2.24, 2.45) is 5.92 Å². The summed E-state index contributed by atoms with van der Waals surface area (Å²) in [5.74, 6) is 0.123. The Morgan fingerprint density at radius 2 is 1.69 bits per heavy atom. The SMILES string of the molecule is CC(C)CS(=O)(=O)CCC(=O)N(C)C(C)C. The second kappa shape index (κ2) is 6.23. The predicted molar refractivity (Wildman–Crippen MR) is 66.0 cm³/mol. The van der Waals surface area contributed by atoms with Gasteiger partial charge in [0.05, 0.1) is 11.5 Å². The highest BCUT2D eigenvalue weighted by Gasteiger charge is 2.18. The zero-order valence-electron chi connectivity index (χ0n) is 10.9. The van der Waals surface area contributed by atoms with E-state index in [1.165, 1.54) is 0 Å². The highest BCUT2D eigenvalue weighted by molar-refractivity contribution is 7.91. The van der Waals surface area contributed by atoms with Crippen LogP contribution in [0.15, 0.2) is 0 Å². The average Bonchev–Trinajstić information content (AvgIpc) is 2.10. The van der Waals surface area contributed by atoms with E-state index in [1.807, 2.05) is 27.7 Å². The molecule has 0 bridgehead atoms. The largest absolute Gasteiger partial charge is 0.343 e. The molecule has 0 rings (SSSR count). The van der Waals surface area contributed by atoms with E-state index < -0.39 is 9.84 Å². The number of hydrogen-bond donors (Lipinski definition) is 0. The molecule has 0 aliphatic carbocycles. The lowest BCUT2D eigenvalue weighted by Gasteiger charge is -2.21. The van der Waals surface area contributed by atoms with Crippen molar-refractivity contribution in [2.75, 3.05) is 18.6 Å². The van der Waals surface area contributed by atoms with Crippen molar-refractivity contribution in [1.82, 2.24) is 4.90 Å². The zero-order chi connectivity index (χ0) is 12.9. The maximum absolute atomic E-state index is 11.6. The van der Waals surface area contributed by atoms with E-state index in [4.69, 9.17) is 0 Å². The van der Waals surface area contributed by atoms with Crippen molar-refractivity contribution in [3.05, 3.63) is 0 Å². The molecule has 0 saturated heterocycles. The van der Waals surface area contributed by atoms with E-state index in [1.54, 1.807) is 11.9 Å². The number of sulfone groups is 1. The normalized spacial score (nSPS) is 12.2. The lowest BCUT2D eigenvalue weighted by atomic mass is 10.3. The maximum atomic E-state index is 11.6. The van der Waals surface area contributed by atoms with Crippen LogP contribution in [0.3, 0.4) is 0 Å². The second-order valence-electron chi connectivity index (χ2n) is 4.86. The molecule has 0 atom stereocenters. The minimum absolute atomic E-state index is 0.0406. The molecule has 0 unspecified atom stereocenters. The number of carbonyl (C=O) groups is 1. The second-order valence-corrected chi connectivity index (χ2v) is 7.09. The summed E-state index contributed by atoms with van der Waals surface area (Å²) in [6, 6.07) is 0.111. The summed E-state index contributed by atoms with van der Waals surface area (Å²) >= 11 is 0.